The molecular weight excluding hydrogens is 292 g/mol. The van der Waals surface area contributed by atoms with Crippen molar-refractivity contribution in [3.05, 3.63) is 12.3 Å². The fourth-order valence-electron chi connectivity index (χ4n) is 1.47. The van der Waals surface area contributed by atoms with Crippen LogP contribution in [-0.4, -0.2) is 33.8 Å². The summed E-state index contributed by atoms with van der Waals surface area (Å²) in [6.45, 7) is 23.4. The highest BCUT2D eigenvalue weighted by Gasteiger charge is 2.47. The van der Waals surface area contributed by atoms with Gasteiger partial charge in [-0.05, 0) is 64.6 Å². The third-order valence-corrected chi connectivity index (χ3v) is 12.9. The van der Waals surface area contributed by atoms with Gasteiger partial charge in [-0.1, -0.05) is 0 Å². The summed E-state index contributed by atoms with van der Waals surface area (Å²) in [7, 11) is -7.91. The topological polar surface area (TPSA) is 27.7 Å². The summed E-state index contributed by atoms with van der Waals surface area (Å²) in [5.74, 6) is 0. The molecule has 0 aromatic carbocycles. The van der Waals surface area contributed by atoms with Gasteiger partial charge in [0.2, 0.25) is 0 Å². The second-order valence-corrected chi connectivity index (χ2v) is 24.2. The van der Waals surface area contributed by atoms with E-state index in [-0.39, 0.29) is 0 Å². The zero-order valence-electron chi connectivity index (χ0n) is 13.5. The van der Waals surface area contributed by atoms with Gasteiger partial charge in [-0.15, -0.1) is 6.58 Å². The first-order valence-corrected chi connectivity index (χ1v) is 18.4. The molecular formula is C11H30O3Si4. The SMILES string of the molecule is C=C[Si](O[Si](C)(C)C)(O[Si](C)(C)C)O[Si](C)(C)C. The highest BCUT2D eigenvalue weighted by Crippen LogP contribution is 2.26. The average Bonchev–Trinajstić information content (AvgIpc) is 1.93. The lowest BCUT2D eigenvalue weighted by atomic mass is 11.3. The molecule has 18 heavy (non-hydrogen) atoms. The Labute approximate surface area is 117 Å². The van der Waals surface area contributed by atoms with Gasteiger partial charge in [-0.3, -0.25) is 0 Å². The summed E-state index contributed by atoms with van der Waals surface area (Å²) < 4.78 is 18.9. The van der Waals surface area contributed by atoms with Crippen LogP contribution in [0, 0.1) is 0 Å². The Kier molecular flexibility index (Phi) is 6.02. The van der Waals surface area contributed by atoms with Crippen LogP contribution < -0.4 is 0 Å². The molecule has 0 aliphatic heterocycles. The van der Waals surface area contributed by atoms with Gasteiger partial charge in [0.05, 0.1) is 0 Å². The van der Waals surface area contributed by atoms with E-state index in [1.807, 2.05) is 5.70 Å². The van der Waals surface area contributed by atoms with Crippen LogP contribution in [0.25, 0.3) is 0 Å². The maximum atomic E-state index is 6.31. The lowest BCUT2D eigenvalue weighted by Gasteiger charge is -2.40. The Hall–Kier alpha value is 0.488. The molecule has 0 rings (SSSR count). The number of hydrogen-bond acceptors (Lipinski definition) is 3. The van der Waals surface area contributed by atoms with Gasteiger partial charge < -0.3 is 12.3 Å². The van der Waals surface area contributed by atoms with Crippen molar-refractivity contribution < 1.29 is 12.3 Å². The van der Waals surface area contributed by atoms with Gasteiger partial charge in [0.15, 0.2) is 25.0 Å². The van der Waals surface area contributed by atoms with Gasteiger partial charge in [0, 0.05) is 0 Å². The number of hydrogen-bond donors (Lipinski definition) is 0. The second-order valence-electron chi connectivity index (χ2n) is 7.45. The fourth-order valence-corrected chi connectivity index (χ4v) is 14.3. The van der Waals surface area contributed by atoms with Gasteiger partial charge in [-0.2, -0.15) is 0 Å². The van der Waals surface area contributed by atoms with Gasteiger partial charge in [-0.25, -0.2) is 0 Å². The van der Waals surface area contributed by atoms with Crippen LogP contribution in [-0.2, 0) is 12.3 Å². The van der Waals surface area contributed by atoms with E-state index in [1.165, 1.54) is 0 Å². The molecule has 7 heteroatoms. The molecule has 0 aliphatic carbocycles. The summed E-state index contributed by atoms with van der Waals surface area (Å²) in [6.07, 6.45) is 0. The largest absolute Gasteiger partial charge is 0.497 e. The molecule has 0 amide bonds. The zero-order valence-corrected chi connectivity index (χ0v) is 17.5. The lowest BCUT2D eigenvalue weighted by Crippen LogP contribution is -2.59. The van der Waals surface area contributed by atoms with Crippen LogP contribution in [0.2, 0.25) is 58.9 Å². The van der Waals surface area contributed by atoms with Crippen LogP contribution in [0.3, 0.4) is 0 Å². The smallest absolute Gasteiger partial charge is 0.414 e. The molecule has 0 N–H and O–H groups in total. The van der Waals surface area contributed by atoms with E-state index in [1.54, 1.807) is 0 Å². The summed E-state index contributed by atoms with van der Waals surface area (Å²) in [5.41, 5.74) is 1.82. The third kappa shape index (κ3) is 8.57. The average molecular weight is 323 g/mol. The molecule has 0 bridgehead atoms. The van der Waals surface area contributed by atoms with E-state index in [0.29, 0.717) is 0 Å². The first-order chi connectivity index (χ1) is 7.68. The third-order valence-electron chi connectivity index (χ3n) is 1.60. The molecule has 0 heterocycles. The first kappa shape index (κ1) is 18.5. The molecule has 0 atom stereocenters. The highest BCUT2D eigenvalue weighted by molar-refractivity contribution is 6.91. The molecule has 3 nitrogen and oxygen atoms in total. The van der Waals surface area contributed by atoms with Crippen LogP contribution in [0.4, 0.5) is 0 Å². The van der Waals surface area contributed by atoms with Crippen molar-refractivity contribution in [3.63, 3.8) is 0 Å². The Balaban J connectivity index is 5.27. The zero-order chi connectivity index (χ0) is 14.8. The monoisotopic (exact) mass is 322 g/mol. The fraction of sp³-hybridized carbons (Fsp3) is 0.818. The minimum Gasteiger partial charge on any atom is -0.414 e. The summed E-state index contributed by atoms with van der Waals surface area (Å²) in [5, 5.41) is 0. The molecule has 0 spiro atoms. The molecule has 0 unspecified atom stereocenters. The highest BCUT2D eigenvalue weighted by atomic mass is 28.5. The molecule has 0 saturated carbocycles. The van der Waals surface area contributed by atoms with Crippen molar-refractivity contribution in [1.82, 2.24) is 0 Å². The Morgan fingerprint density at radius 2 is 0.833 bits per heavy atom. The van der Waals surface area contributed by atoms with Crippen LogP contribution in [0.5, 0.6) is 0 Å². The predicted molar refractivity (Wildman–Crippen MR) is 89.2 cm³/mol. The van der Waals surface area contributed by atoms with Crippen LogP contribution >= 0.6 is 0 Å². The van der Waals surface area contributed by atoms with Crippen molar-refractivity contribution >= 4 is 33.8 Å². The quantitative estimate of drug-likeness (QED) is 0.657. The minimum atomic E-state index is -2.73. The maximum absolute atomic E-state index is 6.31. The van der Waals surface area contributed by atoms with Crippen LogP contribution in [0.1, 0.15) is 0 Å². The summed E-state index contributed by atoms with van der Waals surface area (Å²) in [6, 6.07) is 0. The summed E-state index contributed by atoms with van der Waals surface area (Å²) in [4.78, 5) is 0. The second kappa shape index (κ2) is 5.86. The van der Waals surface area contributed by atoms with Gasteiger partial charge >= 0.3 is 8.80 Å². The molecule has 0 aromatic rings. The van der Waals surface area contributed by atoms with Crippen molar-refractivity contribution in [2.24, 2.45) is 0 Å². The predicted octanol–water partition coefficient (Wildman–Crippen LogP) is 4.21. The first-order valence-electron chi connectivity index (χ1n) is 6.42. The molecule has 0 aliphatic rings. The Morgan fingerprint density at radius 1 is 0.611 bits per heavy atom. The van der Waals surface area contributed by atoms with E-state index in [4.69, 9.17) is 12.3 Å². The summed E-state index contributed by atoms with van der Waals surface area (Å²) >= 11 is 0. The Bertz CT molecular complexity index is 245. The minimum absolute atomic E-state index is 1.73. The van der Waals surface area contributed by atoms with Gasteiger partial charge in [0.1, 0.15) is 0 Å². The van der Waals surface area contributed by atoms with Crippen molar-refractivity contribution in [3.8, 4) is 0 Å². The Morgan fingerprint density at radius 3 is 0.944 bits per heavy atom. The molecule has 0 radical (unpaired) electrons. The normalized spacial score (nSPS) is 14.7. The van der Waals surface area contributed by atoms with E-state index < -0.39 is 33.8 Å². The van der Waals surface area contributed by atoms with Crippen molar-refractivity contribution in [2.75, 3.05) is 0 Å². The molecule has 108 valence electrons. The molecule has 0 saturated heterocycles. The van der Waals surface area contributed by atoms with Crippen LogP contribution in [0.15, 0.2) is 12.3 Å². The standard InChI is InChI=1S/C11H30O3Si4/c1-11-18(12-15(2,3)4,13-16(5,6)7)14-17(8,9)10/h11H,1H2,2-10H3. The van der Waals surface area contributed by atoms with E-state index >= 15 is 0 Å². The van der Waals surface area contributed by atoms with E-state index in [0.717, 1.165) is 0 Å². The molecule has 0 fully saturated rings. The van der Waals surface area contributed by atoms with Gasteiger partial charge in [0.25, 0.3) is 0 Å². The lowest BCUT2D eigenvalue weighted by molar-refractivity contribution is 0.271. The van der Waals surface area contributed by atoms with E-state index in [2.05, 4.69) is 65.5 Å². The van der Waals surface area contributed by atoms with E-state index in [9.17, 15) is 0 Å². The maximum Gasteiger partial charge on any atom is 0.497 e. The molecule has 0 aromatic heterocycles. The number of rotatable bonds is 7. The van der Waals surface area contributed by atoms with Crippen molar-refractivity contribution in [2.45, 2.75) is 58.9 Å². The van der Waals surface area contributed by atoms with Crippen molar-refractivity contribution in [1.29, 1.82) is 0 Å².